The van der Waals surface area contributed by atoms with E-state index in [-0.39, 0.29) is 11.5 Å². The quantitative estimate of drug-likeness (QED) is 0.334. The normalized spacial score (nSPS) is 22.8. The van der Waals surface area contributed by atoms with Gasteiger partial charge in [-0.1, -0.05) is 56.5 Å². The molecule has 1 aromatic heterocycles. The van der Waals surface area contributed by atoms with Crippen molar-refractivity contribution in [2.75, 3.05) is 19.7 Å². The maximum atomic E-state index is 12.5. The molecule has 0 bridgehead atoms. The van der Waals surface area contributed by atoms with Crippen molar-refractivity contribution < 1.29 is 14.3 Å². The highest BCUT2D eigenvalue weighted by Gasteiger charge is 2.49. The highest BCUT2D eigenvalue weighted by Crippen LogP contribution is 2.42. The van der Waals surface area contributed by atoms with E-state index in [1.54, 1.807) is 12.5 Å². The Morgan fingerprint density at radius 1 is 1.29 bits per heavy atom. The number of ether oxygens (including phenoxy) is 1. The number of unbranched alkanes of at least 4 members (excludes halogenated alkanes) is 1. The summed E-state index contributed by atoms with van der Waals surface area (Å²) in [6.45, 7) is 4.76. The number of carbonyl (C=O) groups is 2. The summed E-state index contributed by atoms with van der Waals surface area (Å²) in [7, 11) is 0. The molecule has 4 rings (SSSR count). The molecule has 2 fully saturated rings. The van der Waals surface area contributed by atoms with Crippen LogP contribution in [-0.2, 0) is 26.3 Å². The molecule has 1 aliphatic heterocycles. The Kier molecular flexibility index (Phi) is 9.10. The first-order valence-corrected chi connectivity index (χ1v) is 13.3. The van der Waals surface area contributed by atoms with Crippen LogP contribution in [-0.4, -0.2) is 58.8 Å². The molecule has 1 aliphatic carbocycles. The summed E-state index contributed by atoms with van der Waals surface area (Å²) >= 11 is 0. The fourth-order valence-electron chi connectivity index (χ4n) is 5.72. The Bertz CT molecular complexity index is 912. The van der Waals surface area contributed by atoms with E-state index in [1.807, 2.05) is 0 Å². The third-order valence-electron chi connectivity index (χ3n) is 7.67. The van der Waals surface area contributed by atoms with Gasteiger partial charge in [-0.05, 0) is 43.6 Å². The van der Waals surface area contributed by atoms with E-state index < -0.39 is 6.04 Å². The number of H-pyrrole nitrogens is 1. The lowest BCUT2D eigenvalue weighted by Crippen LogP contribution is -2.65. The van der Waals surface area contributed by atoms with Gasteiger partial charge in [0.05, 0.1) is 12.4 Å². The first-order valence-electron chi connectivity index (χ1n) is 13.3. The van der Waals surface area contributed by atoms with E-state index in [1.165, 1.54) is 18.4 Å². The van der Waals surface area contributed by atoms with Crippen LogP contribution >= 0.6 is 0 Å². The van der Waals surface area contributed by atoms with Crippen molar-refractivity contribution in [2.45, 2.75) is 82.4 Å². The summed E-state index contributed by atoms with van der Waals surface area (Å²) < 4.78 is 6.50. The van der Waals surface area contributed by atoms with Gasteiger partial charge in [0, 0.05) is 44.0 Å². The summed E-state index contributed by atoms with van der Waals surface area (Å²) in [5, 5.41) is 2.96. The fraction of sp³-hybridized carbons (Fsp3) is 0.607. The van der Waals surface area contributed by atoms with E-state index in [4.69, 9.17) is 4.74 Å². The number of aldehydes is 1. The van der Waals surface area contributed by atoms with Crippen LogP contribution in [0.3, 0.4) is 0 Å². The molecule has 2 aromatic rings. The summed E-state index contributed by atoms with van der Waals surface area (Å²) in [5.74, 6) is 0.316. The Labute approximate surface area is 209 Å². The molecule has 0 spiro atoms. The zero-order valence-electron chi connectivity index (χ0n) is 21.0. The van der Waals surface area contributed by atoms with Gasteiger partial charge < -0.3 is 19.8 Å². The molecule has 3 atom stereocenters. The molecule has 190 valence electrons. The number of aromatic amines is 1. The van der Waals surface area contributed by atoms with Crippen LogP contribution in [0.2, 0.25) is 0 Å². The molecular weight excluding hydrogens is 440 g/mol. The molecule has 2 unspecified atom stereocenters. The Balaban J connectivity index is 1.34. The number of likely N-dealkylation sites (tertiary alicyclic amines) is 1. The van der Waals surface area contributed by atoms with Gasteiger partial charge in [0.2, 0.25) is 5.91 Å². The molecule has 1 amide bonds. The van der Waals surface area contributed by atoms with Crippen molar-refractivity contribution in [3.8, 4) is 0 Å². The van der Waals surface area contributed by atoms with Crippen LogP contribution in [0.15, 0.2) is 42.9 Å². The molecule has 1 saturated carbocycles. The summed E-state index contributed by atoms with van der Waals surface area (Å²) in [5.41, 5.74) is 1.95. The molecule has 2 N–H and O–H groups in total. The van der Waals surface area contributed by atoms with Crippen molar-refractivity contribution in [2.24, 2.45) is 5.92 Å². The van der Waals surface area contributed by atoms with Crippen LogP contribution in [0.1, 0.15) is 69.5 Å². The number of aromatic nitrogens is 2. The highest BCUT2D eigenvalue weighted by atomic mass is 16.5. The standard InChI is InChI=1S/C28H40N4O3/c1-2-3-15-35-28(23-10-5-4-6-11-23)19-32(20-28)26-12-8-7-9-22(26)16-25(18-33)31-27(34)14-13-24-17-29-21-30-24/h4-6,10-11,17-18,21-22,25-26H,2-3,7-9,12-16,19-20H2,1H3,(H,29,30)(H,31,34)/t22?,25?,26-/m1/s1. The van der Waals surface area contributed by atoms with Crippen molar-refractivity contribution in [3.05, 3.63) is 54.1 Å². The van der Waals surface area contributed by atoms with E-state index in [9.17, 15) is 9.59 Å². The van der Waals surface area contributed by atoms with E-state index >= 15 is 0 Å². The van der Waals surface area contributed by atoms with Crippen LogP contribution in [0.25, 0.3) is 0 Å². The Morgan fingerprint density at radius 2 is 2.09 bits per heavy atom. The number of rotatable bonds is 13. The average Bonchev–Trinajstić information content (AvgIpc) is 3.39. The zero-order valence-corrected chi connectivity index (χ0v) is 21.0. The van der Waals surface area contributed by atoms with Gasteiger partial charge in [-0.3, -0.25) is 9.69 Å². The molecule has 2 aliphatic rings. The maximum Gasteiger partial charge on any atom is 0.220 e. The van der Waals surface area contributed by atoms with Gasteiger partial charge in [0.25, 0.3) is 0 Å². The molecule has 35 heavy (non-hydrogen) atoms. The number of amides is 1. The number of nitrogens with one attached hydrogen (secondary N) is 2. The smallest absolute Gasteiger partial charge is 0.220 e. The molecule has 1 aromatic carbocycles. The summed E-state index contributed by atoms with van der Waals surface area (Å²) in [6, 6.07) is 10.6. The second-order valence-corrected chi connectivity index (χ2v) is 10.2. The number of aryl methyl sites for hydroxylation is 1. The topological polar surface area (TPSA) is 87.3 Å². The second-order valence-electron chi connectivity index (χ2n) is 10.2. The maximum absolute atomic E-state index is 12.5. The highest BCUT2D eigenvalue weighted by molar-refractivity contribution is 5.79. The lowest BCUT2D eigenvalue weighted by molar-refractivity contribution is -0.173. The predicted octanol–water partition coefficient (Wildman–Crippen LogP) is 4.00. The van der Waals surface area contributed by atoms with Gasteiger partial charge in [0.15, 0.2) is 0 Å². The van der Waals surface area contributed by atoms with Crippen LogP contribution in [0, 0.1) is 5.92 Å². The molecule has 0 radical (unpaired) electrons. The Hall–Kier alpha value is -2.51. The molecule has 7 nitrogen and oxygen atoms in total. The minimum Gasteiger partial charge on any atom is -0.368 e. The summed E-state index contributed by atoms with van der Waals surface area (Å²) in [6.07, 6.45) is 12.7. The first-order chi connectivity index (χ1) is 17.1. The van der Waals surface area contributed by atoms with Gasteiger partial charge in [-0.15, -0.1) is 0 Å². The third-order valence-corrected chi connectivity index (χ3v) is 7.67. The minimum absolute atomic E-state index is 0.0829. The zero-order chi connectivity index (χ0) is 24.5. The molecule has 7 heteroatoms. The fourth-order valence-corrected chi connectivity index (χ4v) is 5.72. The number of nitrogens with zero attached hydrogens (tertiary/aromatic N) is 2. The van der Waals surface area contributed by atoms with Crippen molar-refractivity contribution in [1.29, 1.82) is 0 Å². The van der Waals surface area contributed by atoms with Crippen LogP contribution in [0.5, 0.6) is 0 Å². The number of hydrogen-bond acceptors (Lipinski definition) is 5. The lowest BCUT2D eigenvalue weighted by atomic mass is 9.76. The molecule has 2 heterocycles. The monoisotopic (exact) mass is 480 g/mol. The van der Waals surface area contributed by atoms with Crippen LogP contribution < -0.4 is 5.32 Å². The average molecular weight is 481 g/mol. The van der Waals surface area contributed by atoms with Gasteiger partial charge >= 0.3 is 0 Å². The van der Waals surface area contributed by atoms with E-state index in [0.29, 0.717) is 31.2 Å². The van der Waals surface area contributed by atoms with Gasteiger partial charge in [0.1, 0.15) is 11.9 Å². The number of benzene rings is 1. The SMILES string of the molecule is CCCCOC1(c2ccccc2)CN([C@@H]2CCCCC2CC(C=O)NC(=O)CCc2cnc[nH]2)C1. The third kappa shape index (κ3) is 6.58. The lowest BCUT2D eigenvalue weighted by Gasteiger charge is -2.55. The van der Waals surface area contributed by atoms with Crippen LogP contribution in [0.4, 0.5) is 0 Å². The number of imidazole rings is 1. The first kappa shape index (κ1) is 25.6. The number of carbonyl (C=O) groups excluding carboxylic acids is 2. The van der Waals surface area contributed by atoms with Crippen molar-refractivity contribution in [1.82, 2.24) is 20.2 Å². The van der Waals surface area contributed by atoms with Gasteiger partial charge in [-0.2, -0.15) is 0 Å². The predicted molar refractivity (Wildman–Crippen MR) is 136 cm³/mol. The number of hydrogen-bond donors (Lipinski definition) is 2. The molecular formula is C28H40N4O3. The Morgan fingerprint density at radius 3 is 2.80 bits per heavy atom. The minimum atomic E-state index is -0.434. The summed E-state index contributed by atoms with van der Waals surface area (Å²) in [4.78, 5) is 33.9. The van der Waals surface area contributed by atoms with Crippen molar-refractivity contribution >= 4 is 12.2 Å². The van der Waals surface area contributed by atoms with E-state index in [2.05, 4.69) is 57.4 Å². The van der Waals surface area contributed by atoms with Gasteiger partial charge in [-0.25, -0.2) is 4.98 Å². The van der Waals surface area contributed by atoms with Crippen molar-refractivity contribution in [3.63, 3.8) is 0 Å². The second kappa shape index (κ2) is 12.5. The largest absolute Gasteiger partial charge is 0.368 e. The van der Waals surface area contributed by atoms with E-state index in [0.717, 1.165) is 57.4 Å². The molecule has 1 saturated heterocycles.